The monoisotopic (exact) mass is 309 g/mol. The van der Waals surface area contributed by atoms with E-state index in [1.165, 1.54) is 0 Å². The van der Waals surface area contributed by atoms with Gasteiger partial charge in [-0.25, -0.2) is 0 Å². The summed E-state index contributed by atoms with van der Waals surface area (Å²) in [6.45, 7) is 0.518. The van der Waals surface area contributed by atoms with Crippen LogP contribution in [0.1, 0.15) is 10.4 Å². The standard InChI is InChI=1S/C10H10BrCl2NO/c1-14(3-2-12)10(15)7-4-8(11)6-9(13)5-7/h4-6H,2-3H2,1H3. The van der Waals surface area contributed by atoms with Gasteiger partial charge < -0.3 is 4.90 Å². The predicted molar refractivity (Wildman–Crippen MR) is 66.8 cm³/mol. The molecule has 0 atom stereocenters. The summed E-state index contributed by atoms with van der Waals surface area (Å²) in [5.74, 6) is 0.336. The van der Waals surface area contributed by atoms with Crippen molar-refractivity contribution in [2.75, 3.05) is 19.5 Å². The number of hydrogen-bond acceptors (Lipinski definition) is 1. The lowest BCUT2D eigenvalue weighted by Gasteiger charge is -2.15. The number of alkyl halides is 1. The Kier molecular flexibility index (Phi) is 4.90. The molecular weight excluding hydrogens is 301 g/mol. The summed E-state index contributed by atoms with van der Waals surface area (Å²) < 4.78 is 0.789. The molecule has 0 heterocycles. The van der Waals surface area contributed by atoms with Gasteiger partial charge in [-0.2, -0.15) is 0 Å². The molecule has 0 spiro atoms. The van der Waals surface area contributed by atoms with E-state index in [2.05, 4.69) is 15.9 Å². The molecule has 1 aromatic rings. The van der Waals surface area contributed by atoms with Crippen molar-refractivity contribution in [3.8, 4) is 0 Å². The third-order valence-corrected chi connectivity index (χ3v) is 2.72. The maximum Gasteiger partial charge on any atom is 0.253 e. The van der Waals surface area contributed by atoms with Crippen LogP contribution in [0.2, 0.25) is 5.02 Å². The number of benzene rings is 1. The van der Waals surface area contributed by atoms with Gasteiger partial charge in [-0.1, -0.05) is 27.5 Å². The van der Waals surface area contributed by atoms with Crippen molar-refractivity contribution < 1.29 is 4.79 Å². The van der Waals surface area contributed by atoms with Crippen LogP contribution in [-0.4, -0.2) is 30.3 Å². The summed E-state index contributed by atoms with van der Waals surface area (Å²) >= 11 is 14.7. The fourth-order valence-electron chi connectivity index (χ4n) is 1.13. The van der Waals surface area contributed by atoms with Crippen LogP contribution >= 0.6 is 39.1 Å². The van der Waals surface area contributed by atoms with Crippen molar-refractivity contribution in [2.24, 2.45) is 0 Å². The summed E-state index contributed by atoms with van der Waals surface area (Å²) in [5.41, 5.74) is 0.557. The minimum atomic E-state index is -0.0844. The Morgan fingerprint density at radius 3 is 2.67 bits per heavy atom. The number of carbonyl (C=O) groups is 1. The molecule has 1 aromatic carbocycles. The topological polar surface area (TPSA) is 20.3 Å². The van der Waals surface area contributed by atoms with Crippen LogP contribution in [0, 0.1) is 0 Å². The van der Waals surface area contributed by atoms with Crippen molar-refractivity contribution in [3.63, 3.8) is 0 Å². The van der Waals surface area contributed by atoms with Crippen LogP contribution in [0.25, 0.3) is 0 Å². The van der Waals surface area contributed by atoms with Crippen molar-refractivity contribution in [1.29, 1.82) is 0 Å². The van der Waals surface area contributed by atoms with Crippen LogP contribution in [-0.2, 0) is 0 Å². The van der Waals surface area contributed by atoms with Crippen molar-refractivity contribution >= 4 is 45.0 Å². The Balaban J connectivity index is 2.90. The zero-order chi connectivity index (χ0) is 11.4. The summed E-state index contributed by atoms with van der Waals surface area (Å²) in [6, 6.07) is 5.11. The lowest BCUT2D eigenvalue weighted by Crippen LogP contribution is -2.28. The number of hydrogen-bond donors (Lipinski definition) is 0. The van der Waals surface area contributed by atoms with E-state index in [-0.39, 0.29) is 5.91 Å². The fourth-order valence-corrected chi connectivity index (χ4v) is 2.24. The first-order chi connectivity index (χ1) is 7.04. The van der Waals surface area contributed by atoms with Gasteiger partial charge in [0.05, 0.1) is 0 Å². The third-order valence-electron chi connectivity index (χ3n) is 1.88. The summed E-state index contributed by atoms with van der Waals surface area (Å²) in [6.07, 6.45) is 0. The van der Waals surface area contributed by atoms with Gasteiger partial charge >= 0.3 is 0 Å². The van der Waals surface area contributed by atoms with Gasteiger partial charge in [0.1, 0.15) is 0 Å². The van der Waals surface area contributed by atoms with E-state index in [0.29, 0.717) is 23.0 Å². The molecule has 1 rings (SSSR count). The van der Waals surface area contributed by atoms with Crippen molar-refractivity contribution in [1.82, 2.24) is 4.90 Å². The fraction of sp³-hybridized carbons (Fsp3) is 0.300. The zero-order valence-electron chi connectivity index (χ0n) is 8.14. The normalized spacial score (nSPS) is 10.1. The molecule has 5 heteroatoms. The summed E-state index contributed by atoms with van der Waals surface area (Å²) in [4.78, 5) is 13.4. The SMILES string of the molecule is CN(CCCl)C(=O)c1cc(Cl)cc(Br)c1. The van der Waals surface area contributed by atoms with Crippen LogP contribution in [0.15, 0.2) is 22.7 Å². The molecule has 0 aliphatic heterocycles. The van der Waals surface area contributed by atoms with E-state index in [9.17, 15) is 4.79 Å². The minimum absolute atomic E-state index is 0.0844. The molecule has 0 saturated carbocycles. The molecule has 0 N–H and O–H groups in total. The Labute approximate surface area is 107 Å². The van der Waals surface area contributed by atoms with E-state index in [4.69, 9.17) is 23.2 Å². The van der Waals surface area contributed by atoms with Gasteiger partial charge in [-0.15, -0.1) is 11.6 Å². The molecule has 82 valence electrons. The van der Waals surface area contributed by atoms with Crippen LogP contribution in [0.3, 0.4) is 0 Å². The van der Waals surface area contributed by atoms with E-state index in [1.54, 1.807) is 30.1 Å². The predicted octanol–water partition coefficient (Wildman–Crippen LogP) is 3.41. The molecule has 0 saturated heterocycles. The lowest BCUT2D eigenvalue weighted by atomic mass is 10.2. The van der Waals surface area contributed by atoms with E-state index in [0.717, 1.165) is 4.47 Å². The van der Waals surface area contributed by atoms with Gasteiger partial charge in [0, 0.05) is 34.5 Å². The molecule has 1 amide bonds. The molecule has 2 nitrogen and oxygen atoms in total. The zero-order valence-corrected chi connectivity index (χ0v) is 11.2. The van der Waals surface area contributed by atoms with Gasteiger partial charge in [-0.3, -0.25) is 4.79 Å². The maximum atomic E-state index is 11.8. The second-order valence-electron chi connectivity index (χ2n) is 3.07. The first kappa shape index (κ1) is 12.8. The number of carbonyl (C=O) groups excluding carboxylic acids is 1. The Morgan fingerprint density at radius 2 is 2.13 bits per heavy atom. The molecule has 15 heavy (non-hydrogen) atoms. The van der Waals surface area contributed by atoms with Crippen LogP contribution in [0.4, 0.5) is 0 Å². The Bertz CT molecular complexity index is 350. The highest BCUT2D eigenvalue weighted by molar-refractivity contribution is 9.10. The highest BCUT2D eigenvalue weighted by Gasteiger charge is 2.12. The second kappa shape index (κ2) is 5.73. The molecule has 0 aromatic heterocycles. The second-order valence-corrected chi connectivity index (χ2v) is 4.80. The summed E-state index contributed by atoms with van der Waals surface area (Å²) in [5, 5.41) is 0.534. The number of amides is 1. The van der Waals surface area contributed by atoms with Crippen LogP contribution in [0.5, 0.6) is 0 Å². The largest absolute Gasteiger partial charge is 0.341 e. The number of nitrogens with zero attached hydrogens (tertiary/aromatic N) is 1. The molecule has 0 fully saturated rings. The highest BCUT2D eigenvalue weighted by atomic mass is 79.9. The first-order valence-electron chi connectivity index (χ1n) is 4.32. The third kappa shape index (κ3) is 3.67. The minimum Gasteiger partial charge on any atom is -0.341 e. The summed E-state index contributed by atoms with van der Waals surface area (Å²) in [7, 11) is 1.71. The number of halogens is 3. The maximum absolute atomic E-state index is 11.8. The quantitative estimate of drug-likeness (QED) is 0.783. The van der Waals surface area contributed by atoms with Gasteiger partial charge in [-0.05, 0) is 18.2 Å². The lowest BCUT2D eigenvalue weighted by molar-refractivity contribution is 0.0803. The molecular formula is C10H10BrCl2NO. The van der Waals surface area contributed by atoms with E-state index >= 15 is 0 Å². The molecule has 0 radical (unpaired) electrons. The molecule has 0 aliphatic carbocycles. The molecule has 0 unspecified atom stereocenters. The Morgan fingerprint density at radius 1 is 1.47 bits per heavy atom. The van der Waals surface area contributed by atoms with E-state index < -0.39 is 0 Å². The van der Waals surface area contributed by atoms with Crippen molar-refractivity contribution in [2.45, 2.75) is 0 Å². The molecule has 0 bridgehead atoms. The smallest absolute Gasteiger partial charge is 0.253 e. The average Bonchev–Trinajstić information content (AvgIpc) is 2.15. The highest BCUT2D eigenvalue weighted by Crippen LogP contribution is 2.20. The molecule has 0 aliphatic rings. The first-order valence-corrected chi connectivity index (χ1v) is 6.02. The van der Waals surface area contributed by atoms with E-state index in [1.807, 2.05) is 0 Å². The van der Waals surface area contributed by atoms with Crippen molar-refractivity contribution in [3.05, 3.63) is 33.3 Å². The Hall–Kier alpha value is -0.250. The average molecular weight is 311 g/mol. The van der Waals surface area contributed by atoms with Gasteiger partial charge in [0.25, 0.3) is 5.91 Å². The van der Waals surface area contributed by atoms with Crippen LogP contribution < -0.4 is 0 Å². The van der Waals surface area contributed by atoms with Gasteiger partial charge in [0.15, 0.2) is 0 Å². The van der Waals surface area contributed by atoms with Gasteiger partial charge in [0.2, 0.25) is 0 Å². The number of rotatable bonds is 3.